The Kier molecular flexibility index (Phi) is 3.83. The van der Waals surface area contributed by atoms with E-state index in [1.165, 1.54) is 0 Å². The molecule has 1 saturated heterocycles. The van der Waals surface area contributed by atoms with E-state index in [0.29, 0.717) is 23.2 Å². The van der Waals surface area contributed by atoms with E-state index in [0.717, 1.165) is 32.4 Å². The van der Waals surface area contributed by atoms with Crippen molar-refractivity contribution in [3.05, 3.63) is 18.5 Å². The van der Waals surface area contributed by atoms with Crippen LogP contribution in [0.25, 0.3) is 0 Å². The molecule has 1 aromatic heterocycles. The highest BCUT2D eigenvalue weighted by molar-refractivity contribution is 7.99. The van der Waals surface area contributed by atoms with E-state index in [2.05, 4.69) is 15.3 Å². The van der Waals surface area contributed by atoms with Gasteiger partial charge >= 0.3 is 0 Å². The first-order valence-corrected chi connectivity index (χ1v) is 8.40. The van der Waals surface area contributed by atoms with Gasteiger partial charge in [0.1, 0.15) is 0 Å². The van der Waals surface area contributed by atoms with Crippen molar-refractivity contribution in [3.63, 3.8) is 0 Å². The van der Waals surface area contributed by atoms with E-state index in [1.807, 2.05) is 17.2 Å². The maximum Gasteiger partial charge on any atom is 0.232 e. The first-order valence-electron chi connectivity index (χ1n) is 7.01. The average Bonchev–Trinajstić information content (AvgIpc) is 2.85. The van der Waals surface area contributed by atoms with Gasteiger partial charge in [-0.25, -0.2) is 9.97 Å². The van der Waals surface area contributed by atoms with Crippen LogP contribution >= 0.6 is 11.8 Å². The standard InChI is InChI=1S/C14H20N4OS/c1-20-9-12(19)18-6-3-14(10-18)7-11(8-14)17-13-15-4-2-5-16-13/h2,4-5,11H,3,6-10H2,1H3,(H,15,16,17). The van der Waals surface area contributed by atoms with Crippen LogP contribution in [-0.4, -0.2) is 51.9 Å². The maximum atomic E-state index is 11.9. The van der Waals surface area contributed by atoms with Crippen LogP contribution in [0.15, 0.2) is 18.5 Å². The molecule has 6 heteroatoms. The van der Waals surface area contributed by atoms with Gasteiger partial charge < -0.3 is 10.2 Å². The molecule has 1 saturated carbocycles. The lowest BCUT2D eigenvalue weighted by Gasteiger charge is -2.45. The molecule has 2 heterocycles. The molecule has 1 amide bonds. The molecular weight excluding hydrogens is 272 g/mol. The van der Waals surface area contributed by atoms with Gasteiger partial charge in [0.05, 0.1) is 5.75 Å². The number of anilines is 1. The van der Waals surface area contributed by atoms with Crippen molar-refractivity contribution in [1.82, 2.24) is 14.9 Å². The van der Waals surface area contributed by atoms with Crippen molar-refractivity contribution in [2.24, 2.45) is 5.41 Å². The molecule has 1 aromatic rings. The van der Waals surface area contributed by atoms with Crippen LogP contribution in [0.2, 0.25) is 0 Å². The minimum atomic E-state index is 0.289. The summed E-state index contributed by atoms with van der Waals surface area (Å²) in [6.07, 6.45) is 8.86. The average molecular weight is 292 g/mol. The third-order valence-electron chi connectivity index (χ3n) is 4.32. The van der Waals surface area contributed by atoms with Crippen molar-refractivity contribution < 1.29 is 4.79 Å². The molecule has 0 radical (unpaired) electrons. The molecule has 108 valence electrons. The van der Waals surface area contributed by atoms with Crippen molar-refractivity contribution in [1.29, 1.82) is 0 Å². The number of thioether (sulfide) groups is 1. The van der Waals surface area contributed by atoms with Crippen LogP contribution in [-0.2, 0) is 4.79 Å². The number of amides is 1. The van der Waals surface area contributed by atoms with Gasteiger partial charge in [-0.1, -0.05) is 0 Å². The van der Waals surface area contributed by atoms with Gasteiger partial charge in [-0.15, -0.1) is 0 Å². The van der Waals surface area contributed by atoms with E-state index >= 15 is 0 Å². The summed E-state index contributed by atoms with van der Waals surface area (Å²) in [5.74, 6) is 1.60. The Morgan fingerprint density at radius 3 is 2.95 bits per heavy atom. The Hall–Kier alpha value is -1.30. The third kappa shape index (κ3) is 2.75. The topological polar surface area (TPSA) is 58.1 Å². The molecule has 3 rings (SSSR count). The Bertz CT molecular complexity index is 475. The number of aromatic nitrogens is 2. The predicted molar refractivity (Wildman–Crippen MR) is 80.7 cm³/mol. The van der Waals surface area contributed by atoms with Gasteiger partial charge in [-0.2, -0.15) is 11.8 Å². The number of hydrogen-bond donors (Lipinski definition) is 1. The zero-order valence-corrected chi connectivity index (χ0v) is 12.5. The molecular formula is C14H20N4OS. The van der Waals surface area contributed by atoms with Gasteiger partial charge in [0, 0.05) is 31.5 Å². The van der Waals surface area contributed by atoms with Crippen LogP contribution in [0.3, 0.4) is 0 Å². The van der Waals surface area contributed by atoms with Gasteiger partial charge in [-0.3, -0.25) is 4.79 Å². The number of likely N-dealkylation sites (tertiary alicyclic amines) is 1. The molecule has 0 atom stereocenters. The van der Waals surface area contributed by atoms with Crippen molar-refractivity contribution in [3.8, 4) is 0 Å². The van der Waals surface area contributed by atoms with Crippen LogP contribution in [0, 0.1) is 5.41 Å². The van der Waals surface area contributed by atoms with Gasteiger partial charge in [0.15, 0.2) is 0 Å². The SMILES string of the molecule is CSCC(=O)N1CCC2(CC(Nc3ncccn3)C2)C1. The Morgan fingerprint density at radius 1 is 1.50 bits per heavy atom. The van der Waals surface area contributed by atoms with E-state index in [4.69, 9.17) is 0 Å². The van der Waals surface area contributed by atoms with Gasteiger partial charge in [0.25, 0.3) is 0 Å². The van der Waals surface area contributed by atoms with E-state index in [1.54, 1.807) is 24.2 Å². The fourth-order valence-electron chi connectivity index (χ4n) is 3.34. The van der Waals surface area contributed by atoms with Gasteiger partial charge in [0.2, 0.25) is 11.9 Å². The van der Waals surface area contributed by atoms with E-state index in [-0.39, 0.29) is 5.91 Å². The quantitative estimate of drug-likeness (QED) is 0.914. The van der Waals surface area contributed by atoms with Crippen molar-refractivity contribution >= 4 is 23.6 Å². The van der Waals surface area contributed by atoms with Crippen LogP contribution in [0.4, 0.5) is 5.95 Å². The molecule has 2 aliphatic rings. The summed E-state index contributed by atoms with van der Waals surface area (Å²) in [5.41, 5.74) is 0.348. The number of carbonyl (C=O) groups is 1. The Morgan fingerprint density at radius 2 is 2.25 bits per heavy atom. The highest BCUT2D eigenvalue weighted by atomic mass is 32.2. The summed E-state index contributed by atoms with van der Waals surface area (Å²) >= 11 is 1.60. The molecule has 5 nitrogen and oxygen atoms in total. The lowest BCUT2D eigenvalue weighted by atomic mass is 9.65. The molecule has 20 heavy (non-hydrogen) atoms. The molecule has 1 aliphatic heterocycles. The number of nitrogens with one attached hydrogen (secondary N) is 1. The summed E-state index contributed by atoms with van der Waals surface area (Å²) in [6.45, 7) is 1.86. The number of carbonyl (C=O) groups excluding carboxylic acids is 1. The minimum Gasteiger partial charge on any atom is -0.351 e. The lowest BCUT2D eigenvalue weighted by molar-refractivity contribution is -0.128. The molecule has 0 bridgehead atoms. The summed E-state index contributed by atoms with van der Waals surface area (Å²) in [4.78, 5) is 22.3. The minimum absolute atomic E-state index is 0.289. The largest absolute Gasteiger partial charge is 0.351 e. The second-order valence-electron chi connectivity index (χ2n) is 5.82. The zero-order chi connectivity index (χ0) is 14.0. The van der Waals surface area contributed by atoms with Crippen molar-refractivity contribution in [2.75, 3.05) is 30.4 Å². The molecule has 2 fully saturated rings. The third-order valence-corrected chi connectivity index (χ3v) is 4.85. The monoisotopic (exact) mass is 292 g/mol. The normalized spacial score (nSPS) is 28.4. The summed E-state index contributed by atoms with van der Waals surface area (Å²) in [5, 5.41) is 3.37. The Labute approximate surface area is 123 Å². The molecule has 0 unspecified atom stereocenters. The fourth-order valence-corrected chi connectivity index (χ4v) is 3.77. The second kappa shape index (κ2) is 5.60. The number of nitrogens with zero attached hydrogens (tertiary/aromatic N) is 3. The fraction of sp³-hybridized carbons (Fsp3) is 0.643. The molecule has 1 spiro atoms. The number of rotatable bonds is 4. The summed E-state index contributed by atoms with van der Waals surface area (Å²) in [7, 11) is 0. The van der Waals surface area contributed by atoms with Crippen LogP contribution in [0.1, 0.15) is 19.3 Å². The summed E-state index contributed by atoms with van der Waals surface area (Å²) in [6, 6.07) is 2.27. The molecule has 0 aromatic carbocycles. The first kappa shape index (κ1) is 13.7. The number of hydrogen-bond acceptors (Lipinski definition) is 5. The lowest BCUT2D eigenvalue weighted by Crippen LogP contribution is -2.47. The predicted octanol–water partition coefficient (Wildman–Crippen LogP) is 1.63. The van der Waals surface area contributed by atoms with Crippen molar-refractivity contribution in [2.45, 2.75) is 25.3 Å². The molecule has 1 aliphatic carbocycles. The smallest absolute Gasteiger partial charge is 0.232 e. The zero-order valence-electron chi connectivity index (χ0n) is 11.7. The summed E-state index contributed by atoms with van der Waals surface area (Å²) < 4.78 is 0. The van der Waals surface area contributed by atoms with Crippen LogP contribution in [0.5, 0.6) is 0 Å². The van der Waals surface area contributed by atoms with Gasteiger partial charge in [-0.05, 0) is 37.0 Å². The van der Waals surface area contributed by atoms with E-state index < -0.39 is 0 Å². The van der Waals surface area contributed by atoms with E-state index in [9.17, 15) is 4.79 Å². The Balaban J connectivity index is 1.49. The highest BCUT2D eigenvalue weighted by Gasteiger charge is 2.49. The highest BCUT2D eigenvalue weighted by Crippen LogP contribution is 2.49. The molecule has 1 N–H and O–H groups in total. The maximum absolute atomic E-state index is 11.9. The van der Waals surface area contributed by atoms with Crippen LogP contribution < -0.4 is 5.32 Å². The second-order valence-corrected chi connectivity index (χ2v) is 6.69. The first-order chi connectivity index (χ1) is 9.71.